The number of benzene rings is 2. The van der Waals surface area contributed by atoms with Gasteiger partial charge < -0.3 is 4.42 Å². The maximum absolute atomic E-state index is 14.4. The molecule has 0 N–H and O–H groups in total. The molecule has 4 aromatic rings. The Morgan fingerprint density at radius 3 is 2.48 bits per heavy atom. The maximum Gasteiger partial charge on any atom is 0.205 e. The first-order valence-electron chi connectivity index (χ1n) is 7.94. The van der Waals surface area contributed by atoms with Crippen LogP contribution in [0, 0.1) is 17.5 Å². The van der Waals surface area contributed by atoms with Crippen LogP contribution in [0.2, 0.25) is 0 Å². The Labute approximate surface area is 156 Å². The maximum atomic E-state index is 14.4. The molecule has 0 aliphatic heterocycles. The lowest BCUT2D eigenvalue weighted by Crippen LogP contribution is -2.02. The molecule has 2 heterocycles. The molecule has 0 fully saturated rings. The van der Waals surface area contributed by atoms with Crippen LogP contribution in [-0.4, -0.2) is 14.8 Å². The van der Waals surface area contributed by atoms with Gasteiger partial charge in [-0.15, -0.1) is 10.2 Å². The summed E-state index contributed by atoms with van der Waals surface area (Å²) in [4.78, 5) is 0. The standard InChI is InChI=1S/C19H12F3N3OS/c20-13-8-7-12(10-15(13)22)11-27-19-24-23-18(17-6-3-9-26-17)25(19)16-5-2-1-4-14(16)21/h1-10H,11H2. The van der Waals surface area contributed by atoms with Crippen LogP contribution in [-0.2, 0) is 5.75 Å². The average Bonchev–Trinajstić information content (AvgIpc) is 3.32. The van der Waals surface area contributed by atoms with E-state index >= 15 is 0 Å². The molecule has 0 saturated carbocycles. The second-order valence-electron chi connectivity index (χ2n) is 5.61. The number of nitrogens with zero attached hydrogens (tertiary/aromatic N) is 3. The van der Waals surface area contributed by atoms with Crippen LogP contribution in [0.25, 0.3) is 17.3 Å². The van der Waals surface area contributed by atoms with Gasteiger partial charge in [0.25, 0.3) is 0 Å². The predicted molar refractivity (Wildman–Crippen MR) is 94.9 cm³/mol. The molecule has 0 saturated heterocycles. The molecule has 0 aliphatic carbocycles. The Morgan fingerprint density at radius 2 is 1.74 bits per heavy atom. The van der Waals surface area contributed by atoms with Crippen LogP contribution >= 0.6 is 11.8 Å². The highest BCUT2D eigenvalue weighted by Crippen LogP contribution is 2.31. The topological polar surface area (TPSA) is 43.9 Å². The van der Waals surface area contributed by atoms with Crippen molar-refractivity contribution < 1.29 is 17.6 Å². The molecule has 0 bridgehead atoms. The zero-order valence-corrected chi connectivity index (χ0v) is 14.6. The number of hydrogen-bond donors (Lipinski definition) is 0. The Hall–Kier alpha value is -3.00. The van der Waals surface area contributed by atoms with E-state index < -0.39 is 17.5 Å². The first kappa shape index (κ1) is 17.4. The third kappa shape index (κ3) is 3.48. The Morgan fingerprint density at radius 1 is 0.889 bits per heavy atom. The fraction of sp³-hybridized carbons (Fsp3) is 0.0526. The van der Waals surface area contributed by atoms with Crippen LogP contribution in [0.4, 0.5) is 13.2 Å². The van der Waals surface area contributed by atoms with Crippen molar-refractivity contribution in [1.82, 2.24) is 14.8 Å². The molecule has 27 heavy (non-hydrogen) atoms. The van der Waals surface area contributed by atoms with E-state index in [9.17, 15) is 13.2 Å². The number of aromatic nitrogens is 3. The highest BCUT2D eigenvalue weighted by Gasteiger charge is 2.20. The summed E-state index contributed by atoms with van der Waals surface area (Å²) in [5.41, 5.74) is 0.836. The fourth-order valence-electron chi connectivity index (χ4n) is 2.56. The van der Waals surface area contributed by atoms with Crippen molar-refractivity contribution >= 4 is 11.8 Å². The van der Waals surface area contributed by atoms with Gasteiger partial charge >= 0.3 is 0 Å². The molecule has 2 aromatic heterocycles. The summed E-state index contributed by atoms with van der Waals surface area (Å²) in [6, 6.07) is 13.3. The minimum Gasteiger partial charge on any atom is -0.461 e. The third-order valence-electron chi connectivity index (χ3n) is 3.82. The van der Waals surface area contributed by atoms with Crippen molar-refractivity contribution in [2.45, 2.75) is 10.9 Å². The molecule has 0 unspecified atom stereocenters. The van der Waals surface area contributed by atoms with Crippen LogP contribution in [0.5, 0.6) is 0 Å². The van der Waals surface area contributed by atoms with E-state index in [0.29, 0.717) is 28.1 Å². The first-order valence-corrected chi connectivity index (χ1v) is 8.93. The molecule has 0 aliphatic rings. The van der Waals surface area contributed by atoms with Gasteiger partial charge in [0.15, 0.2) is 22.6 Å². The van der Waals surface area contributed by atoms with Gasteiger partial charge in [-0.3, -0.25) is 4.57 Å². The van der Waals surface area contributed by atoms with Crippen molar-refractivity contribution in [3.8, 4) is 17.3 Å². The second kappa shape index (κ2) is 7.32. The average molecular weight is 387 g/mol. The Bertz CT molecular complexity index is 1080. The molecule has 4 rings (SSSR count). The quantitative estimate of drug-likeness (QED) is 0.440. The van der Waals surface area contributed by atoms with Gasteiger partial charge in [0.2, 0.25) is 5.82 Å². The van der Waals surface area contributed by atoms with Gasteiger partial charge in [-0.05, 0) is 42.0 Å². The number of hydrogen-bond acceptors (Lipinski definition) is 4. The van der Waals surface area contributed by atoms with E-state index in [0.717, 1.165) is 12.1 Å². The van der Waals surface area contributed by atoms with E-state index in [2.05, 4.69) is 10.2 Å². The van der Waals surface area contributed by atoms with Gasteiger partial charge in [0, 0.05) is 5.75 Å². The van der Waals surface area contributed by atoms with Crippen molar-refractivity contribution in [2.75, 3.05) is 0 Å². The largest absolute Gasteiger partial charge is 0.461 e. The van der Waals surface area contributed by atoms with Crippen molar-refractivity contribution in [3.05, 3.63) is 83.9 Å². The minimum absolute atomic E-state index is 0.265. The molecule has 0 atom stereocenters. The highest BCUT2D eigenvalue weighted by molar-refractivity contribution is 7.98. The molecular formula is C19H12F3N3OS. The van der Waals surface area contributed by atoms with Crippen LogP contribution in [0.15, 0.2) is 70.4 Å². The minimum atomic E-state index is -0.917. The lowest BCUT2D eigenvalue weighted by atomic mass is 10.2. The van der Waals surface area contributed by atoms with Crippen molar-refractivity contribution in [1.29, 1.82) is 0 Å². The molecule has 2 aromatic carbocycles. The summed E-state index contributed by atoms with van der Waals surface area (Å²) in [6.07, 6.45) is 1.49. The smallest absolute Gasteiger partial charge is 0.205 e. The monoisotopic (exact) mass is 387 g/mol. The van der Waals surface area contributed by atoms with Gasteiger partial charge in [-0.25, -0.2) is 13.2 Å². The summed E-state index contributed by atoms with van der Waals surface area (Å²) >= 11 is 1.23. The summed E-state index contributed by atoms with van der Waals surface area (Å²) in [7, 11) is 0. The van der Waals surface area contributed by atoms with Crippen molar-refractivity contribution in [3.63, 3.8) is 0 Å². The Kier molecular flexibility index (Phi) is 4.72. The molecule has 0 radical (unpaired) electrons. The lowest BCUT2D eigenvalue weighted by molar-refractivity contribution is 0.507. The number of thioether (sulfide) groups is 1. The van der Waals surface area contributed by atoms with E-state index in [4.69, 9.17) is 4.42 Å². The molecule has 136 valence electrons. The summed E-state index contributed by atoms with van der Waals surface area (Å²) < 4.78 is 47.8. The summed E-state index contributed by atoms with van der Waals surface area (Å²) in [5, 5.41) is 8.64. The molecule has 0 amide bonds. The van der Waals surface area contributed by atoms with Gasteiger partial charge in [0.1, 0.15) is 5.82 Å². The SMILES string of the molecule is Fc1ccc(CSc2nnc(-c3ccco3)n2-c2ccccc2F)cc1F. The Balaban J connectivity index is 1.72. The normalized spacial score (nSPS) is 11.1. The first-order chi connectivity index (χ1) is 13.1. The van der Waals surface area contributed by atoms with Crippen LogP contribution in [0.1, 0.15) is 5.56 Å². The molecule has 0 spiro atoms. The number of furan rings is 1. The second-order valence-corrected chi connectivity index (χ2v) is 6.55. The van der Waals surface area contributed by atoms with E-state index in [-0.39, 0.29) is 5.69 Å². The number of para-hydroxylation sites is 1. The molecular weight excluding hydrogens is 375 g/mol. The highest BCUT2D eigenvalue weighted by atomic mass is 32.2. The molecule has 8 heteroatoms. The lowest BCUT2D eigenvalue weighted by Gasteiger charge is -2.10. The van der Waals surface area contributed by atoms with Crippen LogP contribution in [0.3, 0.4) is 0 Å². The van der Waals surface area contributed by atoms with Gasteiger partial charge in [-0.2, -0.15) is 0 Å². The number of rotatable bonds is 5. The van der Waals surface area contributed by atoms with E-state index in [1.165, 1.54) is 30.2 Å². The van der Waals surface area contributed by atoms with E-state index in [1.54, 1.807) is 34.9 Å². The zero-order valence-electron chi connectivity index (χ0n) is 13.8. The summed E-state index contributed by atoms with van der Waals surface area (Å²) in [5.74, 6) is -1.18. The number of halogens is 3. The van der Waals surface area contributed by atoms with Crippen LogP contribution < -0.4 is 0 Å². The predicted octanol–water partition coefficient (Wildman–Crippen LogP) is 5.24. The van der Waals surface area contributed by atoms with E-state index in [1.807, 2.05) is 0 Å². The third-order valence-corrected chi connectivity index (χ3v) is 4.82. The van der Waals surface area contributed by atoms with Gasteiger partial charge in [-0.1, -0.05) is 30.0 Å². The fourth-order valence-corrected chi connectivity index (χ4v) is 3.44. The zero-order chi connectivity index (χ0) is 18.8. The van der Waals surface area contributed by atoms with Gasteiger partial charge in [0.05, 0.1) is 12.0 Å². The molecule has 4 nitrogen and oxygen atoms in total. The summed E-state index contributed by atoms with van der Waals surface area (Å²) in [6.45, 7) is 0. The van der Waals surface area contributed by atoms with Crippen molar-refractivity contribution in [2.24, 2.45) is 0 Å².